The number of likely N-dealkylation sites (N-methyl/N-ethyl adjacent to an activating group) is 1. The number of ether oxygens (including phenoxy) is 1. The smallest absolute Gasteiger partial charge is 0.453 e. The normalized spacial score (nSPS) is 16.6. The van der Waals surface area contributed by atoms with Crippen LogP contribution < -0.4 is 4.74 Å². The highest BCUT2D eigenvalue weighted by Crippen LogP contribution is 2.32. The van der Waals surface area contributed by atoms with Gasteiger partial charge in [0.25, 0.3) is 11.7 Å². The zero-order valence-corrected chi connectivity index (χ0v) is 20.1. The molecule has 0 unspecified atom stereocenters. The van der Waals surface area contributed by atoms with E-state index in [0.29, 0.717) is 30.3 Å². The molecule has 0 spiro atoms. The number of rotatable bonds is 7. The van der Waals surface area contributed by atoms with Gasteiger partial charge in [-0.05, 0) is 42.9 Å². The number of amidine groups is 1. The van der Waals surface area contributed by atoms with Gasteiger partial charge < -0.3 is 14.5 Å². The van der Waals surface area contributed by atoms with E-state index in [1.165, 1.54) is 5.56 Å². The van der Waals surface area contributed by atoms with Crippen molar-refractivity contribution in [1.82, 2.24) is 24.7 Å². The lowest BCUT2D eigenvalue weighted by Crippen LogP contribution is -2.40. The molecule has 3 heterocycles. The second kappa shape index (κ2) is 10.7. The van der Waals surface area contributed by atoms with Crippen LogP contribution in [0.4, 0.5) is 13.2 Å². The minimum atomic E-state index is -4.58. The molecule has 0 radical (unpaired) electrons. The van der Waals surface area contributed by atoms with Crippen LogP contribution in [-0.4, -0.2) is 69.7 Å². The summed E-state index contributed by atoms with van der Waals surface area (Å²) in [6, 6.07) is 7.83. The summed E-state index contributed by atoms with van der Waals surface area (Å²) in [5, 5.41) is 11.2. The van der Waals surface area contributed by atoms with Crippen molar-refractivity contribution < 1.29 is 22.7 Å². The molecule has 0 N–H and O–H groups in total. The molecule has 0 saturated carbocycles. The van der Waals surface area contributed by atoms with Gasteiger partial charge >= 0.3 is 6.18 Å². The Balaban J connectivity index is 1.30. The van der Waals surface area contributed by atoms with E-state index in [-0.39, 0.29) is 18.3 Å². The number of carbonyl (C=O) groups excluding carboxylic acids is 1. The van der Waals surface area contributed by atoms with Gasteiger partial charge in [-0.2, -0.15) is 22.9 Å². The molecule has 1 amide bonds. The number of aryl methyl sites for hydroxylation is 1. The molecular formula is C24H31F3N6O2. The Labute approximate surface area is 202 Å². The lowest BCUT2D eigenvalue weighted by molar-refractivity contribution is -0.147. The summed E-state index contributed by atoms with van der Waals surface area (Å²) in [6.07, 6.45) is 0.119. The number of unbranched alkanes of at least 4 members (excludes halogenated alkanes) is 1. The number of hydrogen-bond acceptors (Lipinski definition) is 6. The van der Waals surface area contributed by atoms with E-state index >= 15 is 0 Å². The fraction of sp³-hybridized carbons (Fsp3) is 0.583. The maximum atomic E-state index is 13.2. The predicted octanol–water partition coefficient (Wildman–Crippen LogP) is 3.92. The molecule has 4 rings (SSSR count). The predicted molar refractivity (Wildman–Crippen MR) is 124 cm³/mol. The number of benzene rings is 1. The Hall–Kier alpha value is -3.11. The molecule has 1 aromatic heterocycles. The van der Waals surface area contributed by atoms with Gasteiger partial charge in [0.05, 0.1) is 0 Å². The van der Waals surface area contributed by atoms with E-state index in [9.17, 15) is 18.0 Å². The number of piperidine rings is 1. The van der Waals surface area contributed by atoms with E-state index in [0.717, 1.165) is 50.0 Å². The molecule has 2 aliphatic rings. The van der Waals surface area contributed by atoms with Gasteiger partial charge in [-0.1, -0.05) is 25.5 Å². The first-order valence-corrected chi connectivity index (χ1v) is 12.1. The molecule has 0 aliphatic carbocycles. The number of halogens is 3. The molecule has 2 aliphatic heterocycles. The first-order valence-electron chi connectivity index (χ1n) is 12.1. The van der Waals surface area contributed by atoms with Crippen LogP contribution >= 0.6 is 0 Å². The summed E-state index contributed by atoms with van der Waals surface area (Å²) in [5.41, 5.74) is 1.19. The zero-order chi connectivity index (χ0) is 25.0. The maximum Gasteiger partial charge on any atom is 0.453 e. The van der Waals surface area contributed by atoms with Crippen molar-refractivity contribution in [2.45, 2.75) is 57.5 Å². The lowest BCUT2D eigenvalue weighted by atomic mass is 9.89. The lowest BCUT2D eigenvalue weighted by Gasteiger charge is -2.35. The Morgan fingerprint density at radius 2 is 1.86 bits per heavy atom. The van der Waals surface area contributed by atoms with E-state index in [1.54, 1.807) is 11.9 Å². The Bertz CT molecular complexity index is 1040. The molecule has 1 fully saturated rings. The van der Waals surface area contributed by atoms with Crippen molar-refractivity contribution in [2.24, 2.45) is 5.10 Å². The second-order valence-electron chi connectivity index (χ2n) is 9.05. The van der Waals surface area contributed by atoms with Gasteiger partial charge in [-0.3, -0.25) is 4.79 Å². The van der Waals surface area contributed by atoms with Crippen LogP contribution in [0.25, 0.3) is 0 Å². The minimum absolute atomic E-state index is 0.0181. The SMILES string of the molecule is CCCCN(C)C(=O)COc1ccc(C2CCN(C3=Nn4c(nnc4C(F)(F)F)CC3)CC2)cc1. The molecule has 1 aromatic carbocycles. The van der Waals surface area contributed by atoms with Crippen LogP contribution in [0.5, 0.6) is 5.75 Å². The Morgan fingerprint density at radius 3 is 2.51 bits per heavy atom. The molecule has 11 heteroatoms. The molecule has 0 atom stereocenters. The van der Waals surface area contributed by atoms with Crippen LogP contribution in [0.1, 0.15) is 62.2 Å². The molecule has 2 aromatic rings. The number of amides is 1. The van der Waals surface area contributed by atoms with Crippen molar-refractivity contribution in [3.8, 4) is 5.75 Å². The minimum Gasteiger partial charge on any atom is -0.484 e. The number of aromatic nitrogens is 3. The average Bonchev–Trinajstić information content (AvgIpc) is 3.30. The van der Waals surface area contributed by atoms with Gasteiger partial charge in [0.1, 0.15) is 11.6 Å². The highest BCUT2D eigenvalue weighted by atomic mass is 19.4. The number of nitrogens with zero attached hydrogens (tertiary/aromatic N) is 6. The number of likely N-dealkylation sites (tertiary alicyclic amines) is 1. The highest BCUT2D eigenvalue weighted by Gasteiger charge is 2.40. The van der Waals surface area contributed by atoms with Gasteiger partial charge in [0, 0.05) is 39.5 Å². The molecular weight excluding hydrogens is 461 g/mol. The summed E-state index contributed by atoms with van der Waals surface area (Å²) in [4.78, 5) is 15.9. The van der Waals surface area contributed by atoms with Gasteiger partial charge in [0.15, 0.2) is 12.4 Å². The first-order chi connectivity index (χ1) is 16.8. The number of fused-ring (bicyclic) bond motifs is 1. The number of carbonyl (C=O) groups is 1. The van der Waals surface area contributed by atoms with Crippen molar-refractivity contribution in [3.63, 3.8) is 0 Å². The van der Waals surface area contributed by atoms with Crippen molar-refractivity contribution in [1.29, 1.82) is 0 Å². The third-order valence-electron chi connectivity index (χ3n) is 6.59. The van der Waals surface area contributed by atoms with Crippen LogP contribution in [0.2, 0.25) is 0 Å². The number of alkyl halides is 3. The van der Waals surface area contributed by atoms with Crippen molar-refractivity contribution in [2.75, 3.05) is 33.3 Å². The van der Waals surface area contributed by atoms with E-state index in [2.05, 4.69) is 27.1 Å². The molecule has 0 bridgehead atoms. The fourth-order valence-corrected chi connectivity index (χ4v) is 4.44. The zero-order valence-electron chi connectivity index (χ0n) is 20.1. The second-order valence-corrected chi connectivity index (χ2v) is 9.05. The van der Waals surface area contributed by atoms with E-state index in [4.69, 9.17) is 4.74 Å². The number of hydrogen-bond donors (Lipinski definition) is 0. The van der Waals surface area contributed by atoms with E-state index < -0.39 is 12.0 Å². The summed E-state index contributed by atoms with van der Waals surface area (Å²) < 4.78 is 46.0. The maximum absolute atomic E-state index is 13.2. The monoisotopic (exact) mass is 492 g/mol. The quantitative estimate of drug-likeness (QED) is 0.586. The molecule has 8 nitrogen and oxygen atoms in total. The van der Waals surface area contributed by atoms with Crippen LogP contribution in [0.15, 0.2) is 29.4 Å². The first kappa shape index (κ1) is 25.0. The van der Waals surface area contributed by atoms with Gasteiger partial charge in [-0.25, -0.2) is 0 Å². The summed E-state index contributed by atoms with van der Waals surface area (Å²) >= 11 is 0. The summed E-state index contributed by atoms with van der Waals surface area (Å²) in [7, 11) is 1.79. The third kappa shape index (κ3) is 5.94. The molecule has 1 saturated heterocycles. The Kier molecular flexibility index (Phi) is 7.61. The largest absolute Gasteiger partial charge is 0.484 e. The molecule has 190 valence electrons. The van der Waals surface area contributed by atoms with Crippen LogP contribution in [-0.2, 0) is 17.4 Å². The Morgan fingerprint density at radius 1 is 1.14 bits per heavy atom. The third-order valence-corrected chi connectivity index (χ3v) is 6.59. The summed E-state index contributed by atoms with van der Waals surface area (Å²) in [5.74, 6) is 0.788. The van der Waals surface area contributed by atoms with Crippen LogP contribution in [0.3, 0.4) is 0 Å². The highest BCUT2D eigenvalue weighted by molar-refractivity contribution is 5.83. The summed E-state index contributed by atoms with van der Waals surface area (Å²) in [6.45, 7) is 4.28. The molecule has 35 heavy (non-hydrogen) atoms. The van der Waals surface area contributed by atoms with Crippen LogP contribution in [0, 0.1) is 0 Å². The topological polar surface area (TPSA) is 75.8 Å². The van der Waals surface area contributed by atoms with E-state index in [1.807, 2.05) is 24.3 Å². The fourth-order valence-electron chi connectivity index (χ4n) is 4.44. The van der Waals surface area contributed by atoms with Gasteiger partial charge in [-0.15, -0.1) is 10.2 Å². The van der Waals surface area contributed by atoms with Crippen molar-refractivity contribution >= 4 is 11.7 Å². The van der Waals surface area contributed by atoms with Gasteiger partial charge in [0.2, 0.25) is 0 Å². The van der Waals surface area contributed by atoms with Crippen molar-refractivity contribution in [3.05, 3.63) is 41.5 Å². The average molecular weight is 493 g/mol. The standard InChI is InChI=1S/C24H31F3N6O2/c1-3-4-13-31(2)22(34)16-35-19-7-5-17(6-8-19)18-11-14-32(15-12-18)21-10-9-20-28-29-23(24(25,26)27)33(20)30-21/h5-8,18H,3-4,9-16H2,1-2H3.